The molecule has 8 nitrogen and oxygen atoms in total. The Kier molecular flexibility index (Phi) is 4.73. The van der Waals surface area contributed by atoms with Crippen LogP contribution in [0.15, 0.2) is 11.6 Å². The number of carbonyl (C=O) groups excluding carboxylic acids is 1. The van der Waals surface area contributed by atoms with Gasteiger partial charge in [0.05, 0.1) is 0 Å². The molecule has 0 aliphatic heterocycles. The van der Waals surface area contributed by atoms with Crippen molar-refractivity contribution in [2.24, 2.45) is 5.92 Å². The topological polar surface area (TPSA) is 102 Å². The van der Waals surface area contributed by atoms with Gasteiger partial charge in [0.1, 0.15) is 6.20 Å². The fraction of sp³-hybridized carbons (Fsp3) is 0.500. The van der Waals surface area contributed by atoms with Gasteiger partial charge in [-0.05, 0) is 10.8 Å². The first-order valence-corrected chi connectivity index (χ1v) is 7.47. The highest BCUT2D eigenvalue weighted by Gasteiger charge is 2.23. The van der Waals surface area contributed by atoms with Gasteiger partial charge in [-0.15, -0.1) is 0 Å². The quantitative estimate of drug-likeness (QED) is 0.600. The maximum Gasteiger partial charge on any atom is 0.372 e. The van der Waals surface area contributed by atoms with Gasteiger partial charge in [-0.25, -0.2) is 0 Å². The number of nitrogens with one attached hydrogen (secondary N) is 2. The number of nitro groups is 1. The lowest BCUT2D eigenvalue weighted by atomic mass is 10.2. The van der Waals surface area contributed by atoms with E-state index in [1.54, 1.807) is 11.6 Å². The molecular weight excluding hydrogens is 294 g/mol. The molecule has 2 rings (SSSR count). The first-order valence-electron chi connectivity index (χ1n) is 6.59. The normalized spacial score (nSPS) is 11.0. The molecule has 0 atom stereocenters. The van der Waals surface area contributed by atoms with Crippen molar-refractivity contribution < 1.29 is 9.72 Å². The van der Waals surface area contributed by atoms with Crippen LogP contribution in [0.5, 0.6) is 0 Å². The van der Waals surface area contributed by atoms with Crippen molar-refractivity contribution in [1.29, 1.82) is 0 Å². The average Bonchev–Trinajstić information content (AvgIpc) is 2.95. The van der Waals surface area contributed by atoms with Crippen LogP contribution in [-0.4, -0.2) is 33.3 Å². The number of amides is 1. The second-order valence-electron chi connectivity index (χ2n) is 4.97. The second-order valence-corrected chi connectivity index (χ2v) is 5.84. The van der Waals surface area contributed by atoms with Crippen molar-refractivity contribution in [3.05, 3.63) is 21.7 Å². The average molecular weight is 311 g/mol. The Labute approximate surface area is 125 Å². The second kappa shape index (κ2) is 6.53. The molecule has 0 aliphatic carbocycles. The Morgan fingerprint density at radius 3 is 3.00 bits per heavy atom. The minimum absolute atomic E-state index is 0.0834. The van der Waals surface area contributed by atoms with E-state index in [4.69, 9.17) is 0 Å². The van der Waals surface area contributed by atoms with E-state index in [2.05, 4.69) is 15.6 Å². The molecule has 0 aliphatic rings. The summed E-state index contributed by atoms with van der Waals surface area (Å²) in [5.41, 5.74) is 0. The number of fused-ring (bicyclic) bond motifs is 1. The highest BCUT2D eigenvalue weighted by atomic mass is 32.1. The van der Waals surface area contributed by atoms with Gasteiger partial charge in [0, 0.05) is 24.9 Å². The molecule has 0 bridgehead atoms. The first kappa shape index (κ1) is 15.2. The monoisotopic (exact) mass is 311 g/mol. The molecule has 0 aromatic carbocycles. The summed E-state index contributed by atoms with van der Waals surface area (Å²) in [6.45, 7) is 4.95. The highest BCUT2D eigenvalue weighted by molar-refractivity contribution is 7.15. The Morgan fingerprint density at radius 2 is 2.33 bits per heavy atom. The SMILES string of the molecule is CC(C)CNC(=O)CCNc1nc2sccn2c1[N+](=O)[O-]. The van der Waals surface area contributed by atoms with E-state index < -0.39 is 4.92 Å². The molecule has 0 spiro atoms. The number of nitrogens with zero attached hydrogens (tertiary/aromatic N) is 3. The Morgan fingerprint density at radius 1 is 1.57 bits per heavy atom. The number of anilines is 1. The summed E-state index contributed by atoms with van der Waals surface area (Å²) in [5, 5.41) is 18.5. The number of imidazole rings is 1. The van der Waals surface area contributed by atoms with Gasteiger partial charge in [-0.3, -0.25) is 4.79 Å². The van der Waals surface area contributed by atoms with Gasteiger partial charge >= 0.3 is 5.82 Å². The number of carbonyl (C=O) groups is 1. The van der Waals surface area contributed by atoms with Gasteiger partial charge in [0.15, 0.2) is 0 Å². The molecule has 0 radical (unpaired) electrons. The van der Waals surface area contributed by atoms with Crippen LogP contribution in [0, 0.1) is 16.0 Å². The summed E-state index contributed by atoms with van der Waals surface area (Å²) in [6, 6.07) is 0. The number of thiazole rings is 1. The lowest BCUT2D eigenvalue weighted by molar-refractivity contribution is -0.389. The lowest BCUT2D eigenvalue weighted by Gasteiger charge is -2.07. The van der Waals surface area contributed by atoms with Crippen LogP contribution in [-0.2, 0) is 4.79 Å². The van der Waals surface area contributed by atoms with Crippen LogP contribution in [0.1, 0.15) is 20.3 Å². The standard InChI is InChI=1S/C12H17N5O3S/c1-8(2)7-14-9(18)3-4-13-10-11(17(19)20)16-5-6-21-12(16)15-10/h5-6,8,13H,3-4,7H2,1-2H3,(H,14,18). The molecule has 0 unspecified atom stereocenters. The van der Waals surface area contributed by atoms with Crippen LogP contribution in [0.3, 0.4) is 0 Å². The first-order chi connectivity index (χ1) is 9.99. The molecule has 2 aromatic rings. The van der Waals surface area contributed by atoms with E-state index in [9.17, 15) is 14.9 Å². The third-order valence-electron chi connectivity index (χ3n) is 2.76. The van der Waals surface area contributed by atoms with Crippen LogP contribution < -0.4 is 10.6 Å². The van der Waals surface area contributed by atoms with Gasteiger partial charge in [-0.1, -0.05) is 25.2 Å². The zero-order chi connectivity index (χ0) is 15.4. The Hall–Kier alpha value is -2.16. The third-order valence-corrected chi connectivity index (χ3v) is 3.52. The van der Waals surface area contributed by atoms with Crippen molar-refractivity contribution in [2.75, 3.05) is 18.4 Å². The van der Waals surface area contributed by atoms with Crippen LogP contribution in [0.25, 0.3) is 4.96 Å². The van der Waals surface area contributed by atoms with Crippen LogP contribution >= 0.6 is 11.3 Å². The van der Waals surface area contributed by atoms with Crippen LogP contribution in [0.2, 0.25) is 0 Å². The Balaban J connectivity index is 1.94. The number of rotatable bonds is 7. The zero-order valence-electron chi connectivity index (χ0n) is 11.8. The van der Waals surface area contributed by atoms with Gasteiger partial charge in [0.2, 0.25) is 11.7 Å². The molecule has 0 fully saturated rings. The molecule has 114 valence electrons. The van der Waals surface area contributed by atoms with E-state index >= 15 is 0 Å². The van der Waals surface area contributed by atoms with Crippen molar-refractivity contribution in [2.45, 2.75) is 20.3 Å². The largest absolute Gasteiger partial charge is 0.372 e. The maximum atomic E-state index is 11.6. The molecule has 0 saturated heterocycles. The minimum Gasteiger partial charge on any atom is -0.362 e. The predicted octanol–water partition coefficient (Wildman–Crippen LogP) is 1.88. The van der Waals surface area contributed by atoms with Gasteiger partial charge in [0.25, 0.3) is 4.96 Å². The highest BCUT2D eigenvalue weighted by Crippen LogP contribution is 2.27. The maximum absolute atomic E-state index is 11.6. The molecule has 2 aromatic heterocycles. The summed E-state index contributed by atoms with van der Waals surface area (Å²) in [7, 11) is 0. The van der Waals surface area contributed by atoms with Crippen molar-refractivity contribution in [3.63, 3.8) is 0 Å². The van der Waals surface area contributed by atoms with Crippen molar-refractivity contribution in [1.82, 2.24) is 14.7 Å². The Bertz CT molecular complexity index is 648. The fourth-order valence-electron chi connectivity index (χ4n) is 1.77. The fourth-order valence-corrected chi connectivity index (χ4v) is 2.48. The number of hydrogen-bond acceptors (Lipinski definition) is 6. The van der Waals surface area contributed by atoms with E-state index in [1.807, 2.05) is 13.8 Å². The van der Waals surface area contributed by atoms with Gasteiger partial charge < -0.3 is 20.7 Å². The van der Waals surface area contributed by atoms with E-state index in [0.717, 1.165) is 0 Å². The minimum atomic E-state index is -0.478. The summed E-state index contributed by atoms with van der Waals surface area (Å²) < 4.78 is 1.42. The van der Waals surface area contributed by atoms with E-state index in [-0.39, 0.29) is 24.0 Å². The third kappa shape index (κ3) is 3.69. The van der Waals surface area contributed by atoms with Gasteiger partial charge in [-0.2, -0.15) is 9.38 Å². The number of aromatic nitrogens is 2. The lowest BCUT2D eigenvalue weighted by Crippen LogP contribution is -2.28. The molecule has 21 heavy (non-hydrogen) atoms. The molecule has 9 heteroatoms. The summed E-state index contributed by atoms with van der Waals surface area (Å²) in [5.74, 6) is 0.403. The predicted molar refractivity (Wildman–Crippen MR) is 80.7 cm³/mol. The van der Waals surface area contributed by atoms with Crippen molar-refractivity contribution in [3.8, 4) is 0 Å². The molecule has 2 N–H and O–H groups in total. The van der Waals surface area contributed by atoms with Crippen LogP contribution in [0.4, 0.5) is 11.6 Å². The summed E-state index contributed by atoms with van der Waals surface area (Å²) in [6.07, 6.45) is 1.85. The van der Waals surface area contributed by atoms with E-state index in [1.165, 1.54) is 15.7 Å². The van der Waals surface area contributed by atoms with E-state index in [0.29, 0.717) is 24.0 Å². The summed E-state index contributed by atoms with van der Waals surface area (Å²) in [4.78, 5) is 26.9. The molecule has 2 heterocycles. The smallest absolute Gasteiger partial charge is 0.362 e. The number of hydrogen-bond donors (Lipinski definition) is 2. The zero-order valence-corrected chi connectivity index (χ0v) is 12.6. The molecular formula is C12H17N5O3S. The molecule has 1 amide bonds. The van der Waals surface area contributed by atoms with Crippen molar-refractivity contribution >= 4 is 33.8 Å². The molecule has 0 saturated carbocycles. The summed E-state index contributed by atoms with van der Waals surface area (Å²) >= 11 is 1.32.